The van der Waals surface area contributed by atoms with Crippen molar-refractivity contribution in [3.63, 3.8) is 0 Å². The van der Waals surface area contributed by atoms with Gasteiger partial charge in [-0.25, -0.2) is 14.2 Å². The van der Waals surface area contributed by atoms with Crippen LogP contribution in [0.25, 0.3) is 11.0 Å². The van der Waals surface area contributed by atoms with Gasteiger partial charge in [0.15, 0.2) is 0 Å². The molecule has 1 amide bonds. The van der Waals surface area contributed by atoms with Crippen molar-refractivity contribution in [2.45, 2.75) is 12.0 Å². The molecule has 3 N–H and O–H groups in total. The summed E-state index contributed by atoms with van der Waals surface area (Å²) in [4.78, 5) is 44.5. The van der Waals surface area contributed by atoms with Crippen molar-refractivity contribution in [1.82, 2.24) is 19.4 Å². The number of aryl methyl sites for hydroxylation is 1. The number of aromatic amines is 1. The second-order valence-corrected chi connectivity index (χ2v) is 6.92. The highest BCUT2D eigenvalue weighted by Gasteiger charge is 2.35. The molecule has 1 saturated heterocycles. The average molecular weight is 383 g/mol. The van der Waals surface area contributed by atoms with Crippen LogP contribution in [-0.2, 0) is 7.05 Å². The van der Waals surface area contributed by atoms with Gasteiger partial charge in [0.1, 0.15) is 11.5 Å². The largest absolute Gasteiger partial charge is 0.336 e. The van der Waals surface area contributed by atoms with E-state index in [0.29, 0.717) is 5.56 Å². The highest BCUT2D eigenvalue weighted by Crippen LogP contribution is 2.29. The van der Waals surface area contributed by atoms with Crippen molar-refractivity contribution >= 4 is 16.9 Å². The summed E-state index contributed by atoms with van der Waals surface area (Å²) in [6.45, 7) is 0.530. The molecule has 1 aliphatic rings. The lowest BCUT2D eigenvalue weighted by molar-refractivity contribution is 0.0788. The zero-order valence-electron chi connectivity index (χ0n) is 15.1. The van der Waals surface area contributed by atoms with Crippen LogP contribution in [0.15, 0.2) is 46.1 Å². The topological polar surface area (TPSA) is 114 Å². The Balaban J connectivity index is 1.66. The number of rotatable bonds is 2. The number of nitrogens with two attached hydrogens (primary N) is 1. The van der Waals surface area contributed by atoms with Crippen LogP contribution in [0, 0.1) is 5.82 Å². The molecule has 1 aliphatic heterocycles. The molecule has 1 fully saturated rings. The van der Waals surface area contributed by atoms with Crippen LogP contribution in [0.2, 0.25) is 0 Å². The third-order valence-electron chi connectivity index (χ3n) is 5.16. The predicted molar refractivity (Wildman–Crippen MR) is 101 cm³/mol. The zero-order chi connectivity index (χ0) is 20.0. The summed E-state index contributed by atoms with van der Waals surface area (Å²) in [6, 6.07) is 7.39. The fourth-order valence-electron chi connectivity index (χ4n) is 3.64. The van der Waals surface area contributed by atoms with Crippen LogP contribution in [0.1, 0.15) is 21.8 Å². The lowest BCUT2D eigenvalue weighted by Gasteiger charge is -2.17. The molecule has 0 saturated carbocycles. The molecule has 3 heterocycles. The number of amides is 1. The number of fused-ring (bicyclic) bond motifs is 1. The molecule has 3 aromatic rings. The number of pyridine rings is 1. The molecule has 0 radical (unpaired) electrons. The molecule has 28 heavy (non-hydrogen) atoms. The van der Waals surface area contributed by atoms with E-state index in [2.05, 4.69) is 9.97 Å². The summed E-state index contributed by atoms with van der Waals surface area (Å²) in [5.41, 5.74) is 5.85. The van der Waals surface area contributed by atoms with Gasteiger partial charge >= 0.3 is 5.69 Å². The van der Waals surface area contributed by atoms with Crippen molar-refractivity contribution in [3.8, 4) is 0 Å². The van der Waals surface area contributed by atoms with E-state index in [1.54, 1.807) is 18.2 Å². The standard InChI is InChI=1S/C19H18FN5O3/c1-24-16-12(17(26)23-19(24)28)6-10(7-22-16)18(27)25-8-13(15(21)9-25)11-4-2-3-5-14(11)20/h2-7,13,15H,8-9,21H2,1H3,(H,23,26,28)/t13-,15+/m0/s1. The minimum absolute atomic E-state index is 0.141. The van der Waals surface area contributed by atoms with Crippen molar-refractivity contribution in [2.75, 3.05) is 13.1 Å². The Labute approximate surface area is 158 Å². The number of benzene rings is 1. The molecule has 0 unspecified atom stereocenters. The molecule has 0 aliphatic carbocycles. The smallest absolute Gasteiger partial charge is 0.329 e. The van der Waals surface area contributed by atoms with E-state index in [0.717, 1.165) is 0 Å². The van der Waals surface area contributed by atoms with E-state index in [1.165, 1.54) is 34.8 Å². The molecule has 2 atom stereocenters. The number of aromatic nitrogens is 3. The summed E-state index contributed by atoms with van der Waals surface area (Å²) < 4.78 is 15.3. The molecule has 0 bridgehead atoms. The van der Waals surface area contributed by atoms with Gasteiger partial charge in [0.05, 0.1) is 10.9 Å². The van der Waals surface area contributed by atoms with E-state index >= 15 is 0 Å². The Hall–Kier alpha value is -3.33. The van der Waals surface area contributed by atoms with Gasteiger partial charge in [0, 0.05) is 38.3 Å². The molecule has 9 heteroatoms. The van der Waals surface area contributed by atoms with Crippen molar-refractivity contribution in [3.05, 3.63) is 74.3 Å². The number of hydrogen-bond acceptors (Lipinski definition) is 5. The fourth-order valence-corrected chi connectivity index (χ4v) is 3.64. The summed E-state index contributed by atoms with van der Waals surface area (Å²) in [6.07, 6.45) is 1.32. The maximum Gasteiger partial charge on any atom is 0.329 e. The summed E-state index contributed by atoms with van der Waals surface area (Å²) in [5.74, 6) is -1.02. The van der Waals surface area contributed by atoms with E-state index in [4.69, 9.17) is 5.73 Å². The molecule has 0 spiro atoms. The lowest BCUT2D eigenvalue weighted by atomic mass is 9.94. The van der Waals surface area contributed by atoms with Gasteiger partial charge in [0.25, 0.3) is 11.5 Å². The van der Waals surface area contributed by atoms with Crippen LogP contribution >= 0.6 is 0 Å². The first-order chi connectivity index (χ1) is 13.4. The third kappa shape index (κ3) is 2.89. The van der Waals surface area contributed by atoms with Crippen LogP contribution < -0.4 is 17.0 Å². The minimum atomic E-state index is -0.609. The molecular formula is C19H18FN5O3. The van der Waals surface area contributed by atoms with Crippen LogP contribution in [0.3, 0.4) is 0 Å². The number of carbonyl (C=O) groups is 1. The maximum absolute atomic E-state index is 14.1. The number of nitrogens with zero attached hydrogens (tertiary/aromatic N) is 3. The monoisotopic (exact) mass is 383 g/mol. The van der Waals surface area contributed by atoms with Crippen LogP contribution in [0.5, 0.6) is 0 Å². The number of carbonyl (C=O) groups excluding carboxylic acids is 1. The Bertz CT molecular complexity index is 1200. The van der Waals surface area contributed by atoms with E-state index in [1.807, 2.05) is 0 Å². The quantitative estimate of drug-likeness (QED) is 0.662. The molecular weight excluding hydrogens is 365 g/mol. The fraction of sp³-hybridized carbons (Fsp3) is 0.263. The average Bonchev–Trinajstić information content (AvgIpc) is 3.07. The number of hydrogen-bond donors (Lipinski definition) is 2. The SMILES string of the molecule is Cn1c(=O)[nH]c(=O)c2cc(C(=O)N3C[C@@H](N)[C@H](c4ccccc4F)C3)cnc21. The van der Waals surface area contributed by atoms with Gasteiger partial charge in [-0.1, -0.05) is 18.2 Å². The molecule has 8 nitrogen and oxygen atoms in total. The van der Waals surface area contributed by atoms with Gasteiger partial charge in [0.2, 0.25) is 0 Å². The highest BCUT2D eigenvalue weighted by molar-refractivity contribution is 5.97. The van der Waals surface area contributed by atoms with Gasteiger partial charge < -0.3 is 10.6 Å². The normalized spacial score (nSPS) is 19.3. The third-order valence-corrected chi connectivity index (χ3v) is 5.16. The zero-order valence-corrected chi connectivity index (χ0v) is 15.1. The van der Waals surface area contributed by atoms with Gasteiger partial charge in [-0.05, 0) is 17.7 Å². The Kier molecular flexibility index (Phi) is 4.31. The predicted octanol–water partition coefficient (Wildman–Crippen LogP) is 0.328. The number of H-pyrrole nitrogens is 1. The first-order valence-electron chi connectivity index (χ1n) is 8.75. The van der Waals surface area contributed by atoms with Crippen molar-refractivity contribution in [2.24, 2.45) is 12.8 Å². The van der Waals surface area contributed by atoms with Gasteiger partial charge in [-0.15, -0.1) is 0 Å². The Morgan fingerprint density at radius 1 is 1.29 bits per heavy atom. The first-order valence-corrected chi connectivity index (χ1v) is 8.75. The summed E-state index contributed by atoms with van der Waals surface area (Å²) in [7, 11) is 1.48. The summed E-state index contributed by atoms with van der Waals surface area (Å²) in [5, 5.41) is 0.141. The molecule has 144 valence electrons. The van der Waals surface area contributed by atoms with Crippen molar-refractivity contribution < 1.29 is 9.18 Å². The maximum atomic E-state index is 14.1. The first kappa shape index (κ1) is 18.1. The number of nitrogens with one attached hydrogen (secondary N) is 1. The second kappa shape index (κ2) is 6.68. The highest BCUT2D eigenvalue weighted by atomic mass is 19.1. The molecule has 2 aromatic heterocycles. The van der Waals surface area contributed by atoms with E-state index < -0.39 is 17.3 Å². The minimum Gasteiger partial charge on any atom is -0.336 e. The van der Waals surface area contributed by atoms with Gasteiger partial charge in [-0.3, -0.25) is 19.1 Å². The summed E-state index contributed by atoms with van der Waals surface area (Å²) >= 11 is 0. The van der Waals surface area contributed by atoms with E-state index in [-0.39, 0.29) is 47.3 Å². The number of halogens is 1. The Morgan fingerprint density at radius 2 is 2.04 bits per heavy atom. The van der Waals surface area contributed by atoms with Crippen LogP contribution in [0.4, 0.5) is 4.39 Å². The van der Waals surface area contributed by atoms with Crippen molar-refractivity contribution in [1.29, 1.82) is 0 Å². The number of likely N-dealkylation sites (tertiary alicyclic amines) is 1. The van der Waals surface area contributed by atoms with Crippen LogP contribution in [-0.4, -0.2) is 44.5 Å². The van der Waals surface area contributed by atoms with E-state index in [9.17, 15) is 18.8 Å². The van der Waals surface area contributed by atoms with Gasteiger partial charge in [-0.2, -0.15) is 0 Å². The molecule has 1 aromatic carbocycles. The lowest BCUT2D eigenvalue weighted by Crippen LogP contribution is -2.33. The second-order valence-electron chi connectivity index (χ2n) is 6.92. The Morgan fingerprint density at radius 3 is 2.79 bits per heavy atom. The molecule has 4 rings (SSSR count).